The molecule has 0 aliphatic heterocycles. The van der Waals surface area contributed by atoms with E-state index in [2.05, 4.69) is 10.3 Å². The molecule has 4 nitrogen and oxygen atoms in total. The monoisotopic (exact) mass is 257 g/mol. The van der Waals surface area contributed by atoms with Gasteiger partial charge in [0, 0.05) is 23.2 Å². The van der Waals surface area contributed by atoms with Gasteiger partial charge in [-0.2, -0.15) is 0 Å². The van der Waals surface area contributed by atoms with E-state index in [1.165, 1.54) is 0 Å². The van der Waals surface area contributed by atoms with Gasteiger partial charge in [-0.25, -0.2) is 0 Å². The molecule has 1 aliphatic rings. The summed E-state index contributed by atoms with van der Waals surface area (Å²) in [6.07, 6.45) is 7.87. The van der Waals surface area contributed by atoms with E-state index < -0.39 is 0 Å². The van der Waals surface area contributed by atoms with Crippen molar-refractivity contribution in [3.8, 4) is 0 Å². The number of anilines is 2. The van der Waals surface area contributed by atoms with Gasteiger partial charge in [-0.15, -0.1) is 0 Å². The van der Waals surface area contributed by atoms with Gasteiger partial charge in [0.15, 0.2) is 0 Å². The largest absolute Gasteiger partial charge is 0.397 e. The van der Waals surface area contributed by atoms with Gasteiger partial charge in [0.25, 0.3) is 0 Å². The number of benzene rings is 1. The molecule has 0 bridgehead atoms. The van der Waals surface area contributed by atoms with Crippen LogP contribution in [0, 0.1) is 0 Å². The Bertz CT molecular complexity index is 591. The normalized spacial score (nSPS) is 17.7. The Balaban J connectivity index is 1.99. The van der Waals surface area contributed by atoms with Crippen molar-refractivity contribution in [2.45, 2.75) is 31.2 Å². The number of hydrogen-bond acceptors (Lipinski definition) is 4. The zero-order valence-electron chi connectivity index (χ0n) is 10.9. The number of nitrogens with zero attached hydrogens (tertiary/aromatic N) is 1. The highest BCUT2D eigenvalue weighted by Crippen LogP contribution is 2.36. The van der Waals surface area contributed by atoms with E-state index in [4.69, 9.17) is 5.73 Å². The van der Waals surface area contributed by atoms with Gasteiger partial charge in [0.05, 0.1) is 23.5 Å². The number of nitrogens with one attached hydrogen (secondary N) is 1. The maximum atomic E-state index is 9.67. The van der Waals surface area contributed by atoms with Gasteiger partial charge in [-0.1, -0.05) is 18.9 Å². The lowest BCUT2D eigenvalue weighted by Crippen LogP contribution is -2.39. The van der Waals surface area contributed by atoms with Crippen molar-refractivity contribution >= 4 is 22.1 Å². The maximum absolute atomic E-state index is 9.67. The van der Waals surface area contributed by atoms with E-state index in [1.807, 2.05) is 24.4 Å². The number of aliphatic hydroxyl groups excluding tert-OH is 1. The van der Waals surface area contributed by atoms with Crippen molar-refractivity contribution in [2.75, 3.05) is 17.7 Å². The first-order valence-corrected chi connectivity index (χ1v) is 6.75. The molecule has 1 aromatic carbocycles. The number of aliphatic hydroxyl groups is 1. The lowest BCUT2D eigenvalue weighted by atomic mass is 9.97. The average Bonchev–Trinajstić information content (AvgIpc) is 2.92. The SMILES string of the molecule is Nc1c(NC2(CO)CCCC2)ccc2cnccc12. The van der Waals surface area contributed by atoms with Gasteiger partial charge >= 0.3 is 0 Å². The Morgan fingerprint density at radius 3 is 2.79 bits per heavy atom. The summed E-state index contributed by atoms with van der Waals surface area (Å²) < 4.78 is 0. The molecule has 1 heterocycles. The quantitative estimate of drug-likeness (QED) is 0.739. The van der Waals surface area contributed by atoms with Gasteiger partial charge in [0.2, 0.25) is 0 Å². The third-order valence-corrected chi connectivity index (χ3v) is 4.12. The zero-order chi connectivity index (χ0) is 13.3. The Morgan fingerprint density at radius 2 is 2.05 bits per heavy atom. The predicted molar refractivity (Wildman–Crippen MR) is 78.1 cm³/mol. The molecule has 4 N–H and O–H groups in total. The van der Waals surface area contributed by atoms with E-state index in [-0.39, 0.29) is 12.1 Å². The molecule has 3 rings (SSSR count). The van der Waals surface area contributed by atoms with E-state index >= 15 is 0 Å². The highest BCUT2D eigenvalue weighted by atomic mass is 16.3. The molecule has 19 heavy (non-hydrogen) atoms. The summed E-state index contributed by atoms with van der Waals surface area (Å²) in [5.41, 5.74) is 7.69. The lowest BCUT2D eigenvalue weighted by Gasteiger charge is -2.30. The lowest BCUT2D eigenvalue weighted by molar-refractivity contribution is 0.214. The summed E-state index contributed by atoms with van der Waals surface area (Å²) in [6.45, 7) is 0.154. The molecule has 0 spiro atoms. The predicted octanol–water partition coefficient (Wildman–Crippen LogP) is 2.53. The Morgan fingerprint density at radius 1 is 1.26 bits per heavy atom. The van der Waals surface area contributed by atoms with E-state index in [0.29, 0.717) is 0 Å². The molecule has 0 atom stereocenters. The van der Waals surface area contributed by atoms with Gasteiger partial charge < -0.3 is 16.2 Å². The summed E-state index contributed by atoms with van der Waals surface area (Å²) in [5.74, 6) is 0. The second-order valence-corrected chi connectivity index (χ2v) is 5.39. The molecule has 1 fully saturated rings. The zero-order valence-corrected chi connectivity index (χ0v) is 10.9. The molecule has 2 aromatic rings. The third kappa shape index (κ3) is 2.12. The third-order valence-electron chi connectivity index (χ3n) is 4.12. The fourth-order valence-electron chi connectivity index (χ4n) is 2.96. The van der Waals surface area contributed by atoms with Crippen molar-refractivity contribution < 1.29 is 5.11 Å². The summed E-state index contributed by atoms with van der Waals surface area (Å²) in [7, 11) is 0. The minimum atomic E-state index is -0.200. The summed E-state index contributed by atoms with van der Waals surface area (Å²) in [5, 5.41) is 15.2. The Hall–Kier alpha value is -1.81. The topological polar surface area (TPSA) is 71.2 Å². The van der Waals surface area contributed by atoms with Crippen molar-refractivity contribution in [3.05, 3.63) is 30.6 Å². The minimum absolute atomic E-state index is 0.154. The van der Waals surface area contributed by atoms with Crippen LogP contribution in [-0.2, 0) is 0 Å². The van der Waals surface area contributed by atoms with Crippen LogP contribution in [0.1, 0.15) is 25.7 Å². The van der Waals surface area contributed by atoms with E-state index in [1.54, 1.807) is 6.20 Å². The molecular weight excluding hydrogens is 238 g/mol. The van der Waals surface area contributed by atoms with Crippen LogP contribution in [-0.4, -0.2) is 22.2 Å². The van der Waals surface area contributed by atoms with Crippen LogP contribution >= 0.6 is 0 Å². The minimum Gasteiger partial charge on any atom is -0.397 e. The van der Waals surface area contributed by atoms with Crippen LogP contribution in [0.2, 0.25) is 0 Å². The van der Waals surface area contributed by atoms with E-state index in [9.17, 15) is 5.11 Å². The standard InChI is InChI=1S/C15H19N3O/c16-14-12-5-8-17-9-11(12)3-4-13(14)18-15(10-19)6-1-2-7-15/h3-5,8-9,18-19H,1-2,6-7,10,16H2. The molecule has 0 amide bonds. The molecule has 0 unspecified atom stereocenters. The number of aromatic nitrogens is 1. The number of rotatable bonds is 3. The number of nitrogens with two attached hydrogens (primary N) is 1. The fourth-order valence-corrected chi connectivity index (χ4v) is 2.96. The van der Waals surface area contributed by atoms with Gasteiger partial charge in [-0.3, -0.25) is 4.98 Å². The highest BCUT2D eigenvalue weighted by Gasteiger charge is 2.33. The molecule has 1 saturated carbocycles. The second kappa shape index (κ2) is 4.70. The summed E-state index contributed by atoms with van der Waals surface area (Å²) in [4.78, 5) is 4.10. The van der Waals surface area contributed by atoms with E-state index in [0.717, 1.165) is 47.8 Å². The highest BCUT2D eigenvalue weighted by molar-refractivity contribution is 5.98. The maximum Gasteiger partial charge on any atom is 0.0661 e. The summed E-state index contributed by atoms with van der Waals surface area (Å²) in [6, 6.07) is 5.92. The molecule has 1 aromatic heterocycles. The Labute approximate surface area is 112 Å². The molecule has 0 saturated heterocycles. The van der Waals surface area contributed by atoms with Gasteiger partial charge in [0.1, 0.15) is 0 Å². The van der Waals surface area contributed by atoms with Gasteiger partial charge in [-0.05, 0) is 25.0 Å². The summed E-state index contributed by atoms with van der Waals surface area (Å²) >= 11 is 0. The molecule has 4 heteroatoms. The first-order valence-electron chi connectivity index (χ1n) is 6.75. The van der Waals surface area contributed by atoms with Crippen LogP contribution in [0.15, 0.2) is 30.6 Å². The first-order chi connectivity index (χ1) is 9.24. The molecule has 0 radical (unpaired) electrons. The average molecular weight is 257 g/mol. The molecular formula is C15H19N3O. The van der Waals surface area contributed by atoms with Crippen LogP contribution in [0.3, 0.4) is 0 Å². The fraction of sp³-hybridized carbons (Fsp3) is 0.400. The first kappa shape index (κ1) is 12.2. The Kier molecular flexibility index (Phi) is 3.03. The molecule has 1 aliphatic carbocycles. The van der Waals surface area contributed by atoms with Crippen molar-refractivity contribution in [1.29, 1.82) is 0 Å². The van der Waals surface area contributed by atoms with Crippen LogP contribution in [0.5, 0.6) is 0 Å². The number of nitrogen functional groups attached to an aromatic ring is 1. The molecule has 100 valence electrons. The van der Waals surface area contributed by atoms with Crippen LogP contribution in [0.4, 0.5) is 11.4 Å². The van der Waals surface area contributed by atoms with Crippen LogP contribution in [0.25, 0.3) is 10.8 Å². The number of hydrogen-bond donors (Lipinski definition) is 3. The second-order valence-electron chi connectivity index (χ2n) is 5.39. The number of fused-ring (bicyclic) bond motifs is 1. The van der Waals surface area contributed by atoms with Crippen molar-refractivity contribution in [3.63, 3.8) is 0 Å². The smallest absolute Gasteiger partial charge is 0.0661 e. The van der Waals surface area contributed by atoms with Crippen molar-refractivity contribution in [1.82, 2.24) is 4.98 Å². The number of pyridine rings is 1. The van der Waals surface area contributed by atoms with Crippen molar-refractivity contribution in [2.24, 2.45) is 0 Å². The van der Waals surface area contributed by atoms with Crippen LogP contribution < -0.4 is 11.1 Å².